The van der Waals surface area contributed by atoms with Crippen molar-refractivity contribution in [1.82, 2.24) is 20.0 Å². The Morgan fingerprint density at radius 2 is 2.29 bits per heavy atom. The van der Waals surface area contributed by atoms with Crippen LogP contribution in [-0.2, 0) is 11.8 Å². The summed E-state index contributed by atoms with van der Waals surface area (Å²) in [6, 6.07) is 1.10. The first-order valence-electron chi connectivity index (χ1n) is 5.12. The van der Waals surface area contributed by atoms with Gasteiger partial charge in [0.15, 0.2) is 11.2 Å². The van der Waals surface area contributed by atoms with Crippen molar-refractivity contribution in [3.63, 3.8) is 0 Å². The molecule has 17 heavy (non-hydrogen) atoms. The molecule has 0 aliphatic rings. The van der Waals surface area contributed by atoms with Gasteiger partial charge in [0.1, 0.15) is 6.04 Å². The highest BCUT2D eigenvalue weighted by Gasteiger charge is 2.20. The molecule has 2 heterocycles. The summed E-state index contributed by atoms with van der Waals surface area (Å²) < 4.78 is 1.55. The smallest absolute Gasteiger partial charge is 0.326 e. The van der Waals surface area contributed by atoms with Crippen LogP contribution < -0.4 is 4.90 Å². The maximum atomic E-state index is 11.0. The molecule has 2 aromatic rings. The van der Waals surface area contributed by atoms with E-state index in [0.717, 1.165) is 0 Å². The van der Waals surface area contributed by atoms with Crippen molar-refractivity contribution in [2.45, 2.75) is 13.0 Å². The molecule has 2 rings (SSSR count). The number of nitrogens with zero attached hydrogens (tertiary/aromatic N) is 5. The lowest BCUT2D eigenvalue weighted by Crippen LogP contribution is -2.35. The summed E-state index contributed by atoms with van der Waals surface area (Å²) in [5.74, 6) is -0.888. The molecule has 1 unspecified atom stereocenters. The average molecular weight is 235 g/mol. The maximum absolute atomic E-state index is 11.0. The van der Waals surface area contributed by atoms with E-state index in [1.54, 1.807) is 42.9 Å². The number of hydrogen-bond donors (Lipinski definition) is 1. The highest BCUT2D eigenvalue weighted by atomic mass is 16.4. The van der Waals surface area contributed by atoms with E-state index in [0.29, 0.717) is 16.9 Å². The molecule has 0 saturated carbocycles. The van der Waals surface area contributed by atoms with Gasteiger partial charge >= 0.3 is 5.97 Å². The van der Waals surface area contributed by atoms with Gasteiger partial charge in [0.25, 0.3) is 0 Å². The first-order valence-corrected chi connectivity index (χ1v) is 5.12. The van der Waals surface area contributed by atoms with Crippen LogP contribution in [0.4, 0.5) is 5.69 Å². The normalized spacial score (nSPS) is 12.6. The summed E-state index contributed by atoms with van der Waals surface area (Å²) in [4.78, 5) is 16.7. The molecule has 1 N–H and O–H groups in total. The molecule has 0 radical (unpaired) electrons. The monoisotopic (exact) mass is 235 g/mol. The third-order valence-corrected chi connectivity index (χ3v) is 2.79. The minimum atomic E-state index is -0.888. The molecule has 0 aliphatic carbocycles. The maximum Gasteiger partial charge on any atom is 0.326 e. The van der Waals surface area contributed by atoms with Gasteiger partial charge in [-0.15, -0.1) is 5.10 Å². The van der Waals surface area contributed by atoms with E-state index in [9.17, 15) is 4.79 Å². The van der Waals surface area contributed by atoms with Crippen molar-refractivity contribution in [2.75, 3.05) is 11.9 Å². The Kier molecular flexibility index (Phi) is 2.66. The molecule has 0 aliphatic heterocycles. The summed E-state index contributed by atoms with van der Waals surface area (Å²) >= 11 is 0. The summed E-state index contributed by atoms with van der Waals surface area (Å²) in [5.41, 5.74) is 1.94. The first-order chi connectivity index (χ1) is 8.02. The van der Waals surface area contributed by atoms with Crippen molar-refractivity contribution >= 4 is 22.8 Å². The third-order valence-electron chi connectivity index (χ3n) is 2.79. The highest BCUT2D eigenvalue weighted by Crippen LogP contribution is 2.23. The van der Waals surface area contributed by atoms with Crippen LogP contribution in [0.5, 0.6) is 0 Å². The predicted octanol–water partition coefficient (Wildman–Crippen LogP) is 0.273. The van der Waals surface area contributed by atoms with Crippen molar-refractivity contribution in [1.29, 1.82) is 0 Å². The molecule has 7 heteroatoms. The van der Waals surface area contributed by atoms with Gasteiger partial charge < -0.3 is 10.0 Å². The van der Waals surface area contributed by atoms with Crippen molar-refractivity contribution in [3.05, 3.63) is 12.3 Å². The number of rotatable bonds is 3. The molecule has 1 atom stereocenters. The van der Waals surface area contributed by atoms with Crippen LogP contribution >= 0.6 is 0 Å². The molecule has 90 valence electrons. The highest BCUT2D eigenvalue weighted by molar-refractivity contribution is 5.88. The SMILES string of the molecule is CC(C(=O)O)N(C)c1ccnc2c1nnn2C. The topological polar surface area (TPSA) is 84.1 Å². The molecule has 0 saturated heterocycles. The van der Waals surface area contributed by atoms with Gasteiger partial charge in [0, 0.05) is 20.3 Å². The fraction of sp³-hybridized carbons (Fsp3) is 0.400. The Balaban J connectivity index is 2.52. The van der Waals surface area contributed by atoms with Gasteiger partial charge in [-0.3, -0.25) is 0 Å². The Morgan fingerprint density at radius 1 is 1.59 bits per heavy atom. The van der Waals surface area contributed by atoms with E-state index in [4.69, 9.17) is 5.11 Å². The Bertz CT molecular complexity index is 565. The van der Waals surface area contributed by atoms with Gasteiger partial charge in [0.05, 0.1) is 5.69 Å². The number of anilines is 1. The van der Waals surface area contributed by atoms with E-state index in [1.807, 2.05) is 0 Å². The number of fused-ring (bicyclic) bond motifs is 1. The lowest BCUT2D eigenvalue weighted by molar-refractivity contribution is -0.138. The molecular weight excluding hydrogens is 222 g/mol. The van der Waals surface area contributed by atoms with Crippen LogP contribution in [0.1, 0.15) is 6.92 Å². The zero-order chi connectivity index (χ0) is 12.6. The van der Waals surface area contributed by atoms with Crippen LogP contribution in [0.25, 0.3) is 11.2 Å². The van der Waals surface area contributed by atoms with Crippen LogP contribution in [-0.4, -0.2) is 44.1 Å². The minimum absolute atomic E-state index is 0.602. The zero-order valence-electron chi connectivity index (χ0n) is 9.82. The summed E-state index contributed by atoms with van der Waals surface area (Å²) in [6.07, 6.45) is 1.62. The van der Waals surface area contributed by atoms with Gasteiger partial charge in [-0.1, -0.05) is 5.21 Å². The van der Waals surface area contributed by atoms with Gasteiger partial charge in [-0.2, -0.15) is 0 Å². The Labute approximate surface area is 97.7 Å². The Hall–Kier alpha value is -2.18. The van der Waals surface area contributed by atoms with E-state index in [2.05, 4.69) is 15.3 Å². The molecule has 0 amide bonds. The van der Waals surface area contributed by atoms with Gasteiger partial charge in [-0.25, -0.2) is 14.5 Å². The number of likely N-dealkylation sites (N-methyl/N-ethyl adjacent to an activating group) is 1. The first kappa shape index (κ1) is 11.3. The number of pyridine rings is 1. The molecule has 0 fully saturated rings. The standard InChI is InChI=1S/C10H13N5O2/c1-6(10(16)17)14(2)7-4-5-11-9-8(7)12-13-15(9)3/h4-6H,1-3H3,(H,16,17). The largest absolute Gasteiger partial charge is 0.480 e. The Morgan fingerprint density at radius 3 is 2.94 bits per heavy atom. The number of hydrogen-bond acceptors (Lipinski definition) is 5. The second-order valence-electron chi connectivity index (χ2n) is 3.84. The number of carbonyl (C=O) groups is 1. The molecule has 0 aromatic carbocycles. The fourth-order valence-electron chi connectivity index (χ4n) is 1.58. The number of aromatic nitrogens is 4. The fourth-order valence-corrected chi connectivity index (χ4v) is 1.58. The quantitative estimate of drug-likeness (QED) is 0.822. The van der Waals surface area contributed by atoms with Gasteiger partial charge in [0.2, 0.25) is 0 Å². The summed E-state index contributed by atoms with van der Waals surface area (Å²) in [7, 11) is 3.45. The number of aliphatic carboxylic acids is 1. The van der Waals surface area contributed by atoms with E-state index in [-0.39, 0.29) is 0 Å². The van der Waals surface area contributed by atoms with E-state index < -0.39 is 12.0 Å². The van der Waals surface area contributed by atoms with Crippen LogP contribution in [0, 0.1) is 0 Å². The lowest BCUT2D eigenvalue weighted by Gasteiger charge is -2.23. The zero-order valence-corrected chi connectivity index (χ0v) is 9.82. The second kappa shape index (κ2) is 4.00. The van der Waals surface area contributed by atoms with E-state index >= 15 is 0 Å². The van der Waals surface area contributed by atoms with Crippen molar-refractivity contribution < 1.29 is 9.90 Å². The summed E-state index contributed by atoms with van der Waals surface area (Å²) in [6.45, 7) is 1.62. The third kappa shape index (κ3) is 1.79. The average Bonchev–Trinajstić information content (AvgIpc) is 2.69. The van der Waals surface area contributed by atoms with Gasteiger partial charge in [-0.05, 0) is 13.0 Å². The van der Waals surface area contributed by atoms with E-state index in [1.165, 1.54) is 0 Å². The van der Waals surface area contributed by atoms with Crippen LogP contribution in [0.3, 0.4) is 0 Å². The number of carboxylic acids is 1. The number of aryl methyl sites for hydroxylation is 1. The molecular formula is C10H13N5O2. The second-order valence-corrected chi connectivity index (χ2v) is 3.84. The van der Waals surface area contributed by atoms with Crippen molar-refractivity contribution in [2.24, 2.45) is 7.05 Å². The van der Waals surface area contributed by atoms with Crippen LogP contribution in [0.15, 0.2) is 12.3 Å². The summed E-state index contributed by atoms with van der Waals surface area (Å²) in [5, 5.41) is 16.9. The molecule has 7 nitrogen and oxygen atoms in total. The minimum Gasteiger partial charge on any atom is -0.480 e. The lowest BCUT2D eigenvalue weighted by atomic mass is 10.2. The number of carboxylic acid groups (broad SMARTS) is 1. The predicted molar refractivity (Wildman–Crippen MR) is 61.8 cm³/mol. The van der Waals surface area contributed by atoms with Crippen molar-refractivity contribution in [3.8, 4) is 0 Å². The van der Waals surface area contributed by atoms with Crippen LogP contribution in [0.2, 0.25) is 0 Å². The molecule has 0 spiro atoms. The molecule has 0 bridgehead atoms. The molecule has 2 aromatic heterocycles.